The number of hydrogen-bond acceptors (Lipinski definition) is 4. The van der Waals surface area contributed by atoms with Gasteiger partial charge >= 0.3 is 0 Å². The topological polar surface area (TPSA) is 66.9 Å². The van der Waals surface area contributed by atoms with Gasteiger partial charge in [0.05, 0.1) is 17.8 Å². The molecule has 1 spiro atoms. The fourth-order valence-electron chi connectivity index (χ4n) is 4.50. The van der Waals surface area contributed by atoms with Gasteiger partial charge in [0.1, 0.15) is 0 Å². The first-order valence-corrected chi connectivity index (χ1v) is 10.7. The van der Waals surface area contributed by atoms with E-state index in [9.17, 15) is 13.2 Å². The molecule has 24 heavy (non-hydrogen) atoms. The molecule has 2 saturated heterocycles. The molecule has 0 unspecified atom stereocenters. The molecule has 2 aliphatic carbocycles. The molecule has 4 fully saturated rings. The smallest absolute Gasteiger partial charge is 0.228 e. The Bertz CT molecular complexity index is 604. The van der Waals surface area contributed by atoms with E-state index in [-0.39, 0.29) is 22.5 Å². The molecule has 1 atom stereocenters. The normalized spacial score (nSPS) is 31.1. The second-order valence-corrected chi connectivity index (χ2v) is 10.4. The molecule has 0 aromatic carbocycles. The molecule has 7 heteroatoms. The number of methoxy groups -OCH3 is 1. The Labute approximate surface area is 144 Å². The molecule has 1 amide bonds. The molecular weight excluding hydrogens is 328 g/mol. The van der Waals surface area contributed by atoms with Crippen molar-refractivity contribution in [2.75, 3.05) is 39.9 Å². The third-order valence-corrected chi connectivity index (χ3v) is 8.79. The zero-order chi connectivity index (χ0) is 16.9. The summed E-state index contributed by atoms with van der Waals surface area (Å²) in [6.45, 7) is 3.24. The van der Waals surface area contributed by atoms with Gasteiger partial charge in [0.25, 0.3) is 0 Å². The number of piperidine rings is 1. The number of sulfonamides is 1. The van der Waals surface area contributed by atoms with Crippen molar-refractivity contribution in [1.29, 1.82) is 0 Å². The van der Waals surface area contributed by atoms with Crippen LogP contribution in [0.3, 0.4) is 0 Å². The van der Waals surface area contributed by atoms with Crippen LogP contribution in [0.4, 0.5) is 0 Å². The minimum absolute atomic E-state index is 0.0996. The van der Waals surface area contributed by atoms with Crippen LogP contribution < -0.4 is 0 Å². The molecule has 0 bridgehead atoms. The minimum Gasteiger partial charge on any atom is -0.384 e. The van der Waals surface area contributed by atoms with Crippen LogP contribution in [-0.4, -0.2) is 68.7 Å². The third-order valence-electron chi connectivity index (χ3n) is 6.39. The van der Waals surface area contributed by atoms with Gasteiger partial charge in [-0.25, -0.2) is 12.7 Å². The first-order valence-electron chi connectivity index (χ1n) is 9.23. The van der Waals surface area contributed by atoms with Crippen molar-refractivity contribution in [1.82, 2.24) is 9.21 Å². The van der Waals surface area contributed by atoms with Crippen LogP contribution in [0.2, 0.25) is 0 Å². The van der Waals surface area contributed by atoms with Crippen LogP contribution >= 0.6 is 0 Å². The predicted octanol–water partition coefficient (Wildman–Crippen LogP) is 1.08. The highest BCUT2D eigenvalue weighted by Gasteiger charge is 2.55. The van der Waals surface area contributed by atoms with E-state index in [0.717, 1.165) is 38.8 Å². The maximum Gasteiger partial charge on any atom is 0.228 e. The Morgan fingerprint density at radius 2 is 1.83 bits per heavy atom. The summed E-state index contributed by atoms with van der Waals surface area (Å²) < 4.78 is 32.0. The summed E-state index contributed by atoms with van der Waals surface area (Å²) in [4.78, 5) is 14.9. The summed E-state index contributed by atoms with van der Waals surface area (Å²) in [7, 11) is -1.45. The number of hydrogen-bond donors (Lipinski definition) is 0. The first-order chi connectivity index (χ1) is 11.5. The van der Waals surface area contributed by atoms with E-state index in [1.54, 1.807) is 11.4 Å². The minimum atomic E-state index is -3.10. The van der Waals surface area contributed by atoms with Crippen molar-refractivity contribution in [3.8, 4) is 0 Å². The molecule has 2 aliphatic heterocycles. The van der Waals surface area contributed by atoms with Crippen LogP contribution in [0.25, 0.3) is 0 Å². The summed E-state index contributed by atoms with van der Waals surface area (Å²) in [6, 6.07) is 0. The van der Waals surface area contributed by atoms with Crippen LogP contribution in [0, 0.1) is 17.3 Å². The summed E-state index contributed by atoms with van der Waals surface area (Å²) in [5.74, 6) is 0.803. The van der Waals surface area contributed by atoms with Crippen molar-refractivity contribution < 1.29 is 17.9 Å². The quantitative estimate of drug-likeness (QED) is 0.714. The zero-order valence-corrected chi connectivity index (χ0v) is 15.3. The van der Waals surface area contributed by atoms with Gasteiger partial charge < -0.3 is 9.64 Å². The van der Waals surface area contributed by atoms with E-state index < -0.39 is 10.0 Å². The Morgan fingerprint density at radius 1 is 1.17 bits per heavy atom. The number of nitrogens with zero attached hydrogens (tertiary/aromatic N) is 2. The average molecular weight is 356 g/mol. The highest BCUT2D eigenvalue weighted by Crippen LogP contribution is 2.47. The summed E-state index contributed by atoms with van der Waals surface area (Å²) in [5.41, 5.74) is -0.0996. The van der Waals surface area contributed by atoms with Gasteiger partial charge in [0.15, 0.2) is 0 Å². The van der Waals surface area contributed by atoms with E-state index in [1.807, 2.05) is 4.90 Å². The molecule has 136 valence electrons. The second-order valence-electron chi connectivity index (χ2n) is 8.18. The van der Waals surface area contributed by atoms with Crippen molar-refractivity contribution in [2.45, 2.75) is 43.8 Å². The van der Waals surface area contributed by atoms with Crippen molar-refractivity contribution in [2.24, 2.45) is 17.3 Å². The van der Waals surface area contributed by atoms with Crippen LogP contribution in [0.1, 0.15) is 38.5 Å². The van der Waals surface area contributed by atoms with Crippen molar-refractivity contribution in [3.05, 3.63) is 0 Å². The van der Waals surface area contributed by atoms with Crippen LogP contribution in [-0.2, 0) is 19.6 Å². The second kappa shape index (κ2) is 5.95. The lowest BCUT2D eigenvalue weighted by atomic mass is 9.71. The number of ether oxygens (including phenoxy) is 1. The fourth-order valence-corrected chi connectivity index (χ4v) is 6.35. The van der Waals surface area contributed by atoms with Crippen molar-refractivity contribution in [3.63, 3.8) is 0 Å². The van der Waals surface area contributed by atoms with Crippen LogP contribution in [0.15, 0.2) is 0 Å². The molecule has 0 aromatic heterocycles. The molecular formula is C17H28N2O4S. The Kier molecular flexibility index (Phi) is 4.16. The number of rotatable bonds is 6. The van der Waals surface area contributed by atoms with Gasteiger partial charge in [-0.3, -0.25) is 4.79 Å². The lowest BCUT2D eigenvalue weighted by Crippen LogP contribution is -2.48. The maximum atomic E-state index is 12.8. The van der Waals surface area contributed by atoms with Gasteiger partial charge in [-0.1, -0.05) is 0 Å². The zero-order valence-electron chi connectivity index (χ0n) is 14.4. The van der Waals surface area contributed by atoms with E-state index >= 15 is 0 Å². The molecule has 0 aromatic rings. The summed E-state index contributed by atoms with van der Waals surface area (Å²) in [6.07, 6.45) is 5.64. The Hall–Kier alpha value is -0.660. The number of carbonyl (C=O) groups is 1. The molecule has 2 heterocycles. The van der Waals surface area contributed by atoms with Gasteiger partial charge in [-0.05, 0) is 44.4 Å². The van der Waals surface area contributed by atoms with E-state index in [0.29, 0.717) is 25.6 Å². The average Bonchev–Trinajstić information content (AvgIpc) is 3.45. The predicted molar refractivity (Wildman–Crippen MR) is 89.9 cm³/mol. The molecule has 0 N–H and O–H groups in total. The summed E-state index contributed by atoms with van der Waals surface area (Å²) >= 11 is 0. The highest BCUT2D eigenvalue weighted by atomic mass is 32.2. The number of likely N-dealkylation sites (tertiary alicyclic amines) is 1. The van der Waals surface area contributed by atoms with E-state index in [1.165, 1.54) is 12.8 Å². The lowest BCUT2D eigenvalue weighted by Gasteiger charge is -2.41. The molecule has 6 nitrogen and oxygen atoms in total. The van der Waals surface area contributed by atoms with Gasteiger partial charge in [0.2, 0.25) is 15.9 Å². The standard InChI is InChI=1S/C17H28N2O4S/c1-23-11-15-16(20)18(10-13-2-3-13)12-17(15)6-8-19(9-7-17)24(21,22)14-4-5-14/h13-15H,2-12H2,1H3/t15-/m1/s1. The largest absolute Gasteiger partial charge is 0.384 e. The Morgan fingerprint density at radius 3 is 2.38 bits per heavy atom. The molecule has 4 rings (SSSR count). The van der Waals surface area contributed by atoms with Gasteiger partial charge in [-0.15, -0.1) is 0 Å². The monoisotopic (exact) mass is 356 g/mol. The SMILES string of the molecule is COC[C@@H]1C(=O)N(CC2CC2)CC12CCN(S(=O)(=O)C1CC1)CC2. The highest BCUT2D eigenvalue weighted by molar-refractivity contribution is 7.90. The molecule has 0 radical (unpaired) electrons. The summed E-state index contributed by atoms with van der Waals surface area (Å²) in [5, 5.41) is -0.141. The van der Waals surface area contributed by atoms with Gasteiger partial charge in [-0.2, -0.15) is 0 Å². The fraction of sp³-hybridized carbons (Fsp3) is 0.941. The first kappa shape index (κ1) is 16.8. The lowest BCUT2D eigenvalue weighted by molar-refractivity contribution is -0.133. The van der Waals surface area contributed by atoms with E-state index in [2.05, 4.69) is 0 Å². The number of carbonyl (C=O) groups excluding carboxylic acids is 1. The number of amides is 1. The van der Waals surface area contributed by atoms with Crippen LogP contribution in [0.5, 0.6) is 0 Å². The Balaban J connectivity index is 1.47. The maximum absolute atomic E-state index is 12.8. The van der Waals surface area contributed by atoms with E-state index in [4.69, 9.17) is 4.74 Å². The van der Waals surface area contributed by atoms with Crippen molar-refractivity contribution >= 4 is 15.9 Å². The molecule has 2 saturated carbocycles. The third kappa shape index (κ3) is 2.88. The van der Waals surface area contributed by atoms with Gasteiger partial charge in [0, 0.05) is 38.7 Å². The molecule has 4 aliphatic rings.